The van der Waals surface area contributed by atoms with Crippen LogP contribution in [-0.4, -0.2) is 67.6 Å². The van der Waals surface area contributed by atoms with E-state index in [0.29, 0.717) is 44.1 Å². The van der Waals surface area contributed by atoms with Gasteiger partial charge in [-0.1, -0.05) is 36.0 Å². The number of hydrogen-bond acceptors (Lipinski definition) is 9. The van der Waals surface area contributed by atoms with Crippen LogP contribution >= 0.6 is 11.8 Å². The number of aromatic nitrogens is 1. The Morgan fingerprint density at radius 3 is 2.60 bits per heavy atom. The highest BCUT2D eigenvalue weighted by Gasteiger charge is 2.39. The summed E-state index contributed by atoms with van der Waals surface area (Å²) in [6.07, 6.45) is 4.20. The van der Waals surface area contributed by atoms with Crippen molar-refractivity contribution >= 4 is 40.9 Å². The number of anilines is 2. The molecule has 7 rings (SSSR count). The van der Waals surface area contributed by atoms with Gasteiger partial charge in [-0.2, -0.15) is 0 Å². The van der Waals surface area contributed by atoms with Crippen molar-refractivity contribution in [2.24, 2.45) is 0 Å². The zero-order valence-electron chi connectivity index (χ0n) is 28.5. The maximum Gasteiger partial charge on any atom is 0.255 e. The van der Waals surface area contributed by atoms with Crippen LogP contribution in [0, 0.1) is 6.92 Å². The number of nitrogens with one attached hydrogen (secondary N) is 2. The molecule has 1 fully saturated rings. The van der Waals surface area contributed by atoms with Gasteiger partial charge in [0.15, 0.2) is 0 Å². The predicted octanol–water partition coefficient (Wildman–Crippen LogP) is 6.13. The normalized spacial score (nSPS) is 18.1. The van der Waals surface area contributed by atoms with E-state index in [1.54, 1.807) is 12.1 Å². The van der Waals surface area contributed by atoms with Gasteiger partial charge in [-0.25, -0.2) is 0 Å². The highest BCUT2D eigenvalue weighted by molar-refractivity contribution is 8.00. The summed E-state index contributed by atoms with van der Waals surface area (Å²) >= 11 is 1.86. The van der Waals surface area contributed by atoms with E-state index in [2.05, 4.69) is 85.1 Å². The number of benzene rings is 3. The van der Waals surface area contributed by atoms with Crippen LogP contribution in [0.4, 0.5) is 11.4 Å². The summed E-state index contributed by atoms with van der Waals surface area (Å²) in [6, 6.07) is 22.2. The van der Waals surface area contributed by atoms with Gasteiger partial charge < -0.3 is 24.6 Å². The molecule has 4 aromatic rings. The second kappa shape index (κ2) is 14.5. The molecule has 0 bridgehead atoms. The smallest absolute Gasteiger partial charge is 0.255 e. The van der Waals surface area contributed by atoms with Crippen LogP contribution in [0.5, 0.6) is 5.75 Å². The molecule has 50 heavy (non-hydrogen) atoms. The van der Waals surface area contributed by atoms with Crippen molar-refractivity contribution in [3.05, 3.63) is 101 Å². The number of piperidine rings is 1. The highest BCUT2D eigenvalue weighted by Crippen LogP contribution is 2.48. The van der Waals surface area contributed by atoms with Crippen molar-refractivity contribution < 1.29 is 23.9 Å². The van der Waals surface area contributed by atoms with E-state index < -0.39 is 11.9 Å². The summed E-state index contributed by atoms with van der Waals surface area (Å²) in [5.74, 6) is -0.255. The van der Waals surface area contributed by atoms with E-state index >= 15 is 0 Å². The first-order valence-electron chi connectivity index (χ1n) is 17.0. The summed E-state index contributed by atoms with van der Waals surface area (Å²) in [4.78, 5) is 46.3. The lowest BCUT2D eigenvalue weighted by molar-refractivity contribution is -0.136. The maximum atomic E-state index is 12.9. The van der Waals surface area contributed by atoms with Crippen LogP contribution in [0.1, 0.15) is 57.4 Å². The van der Waals surface area contributed by atoms with E-state index in [0.717, 1.165) is 35.2 Å². The second-order valence-electron chi connectivity index (χ2n) is 13.1. The molecular formula is C39H41N5O5S. The van der Waals surface area contributed by atoms with Gasteiger partial charge in [0.25, 0.3) is 5.91 Å². The minimum absolute atomic E-state index is 0.191. The van der Waals surface area contributed by atoms with Crippen LogP contribution in [0.2, 0.25) is 0 Å². The Hall–Kier alpha value is -4.87. The molecule has 10 nitrogen and oxygen atoms in total. The van der Waals surface area contributed by atoms with Crippen molar-refractivity contribution in [2.75, 3.05) is 44.1 Å². The van der Waals surface area contributed by atoms with Crippen molar-refractivity contribution in [1.82, 2.24) is 15.2 Å². The topological polar surface area (TPSA) is 113 Å². The lowest BCUT2D eigenvalue weighted by Crippen LogP contribution is -2.52. The molecule has 4 heterocycles. The number of thioether (sulfide) groups is 1. The average molecular weight is 692 g/mol. The largest absolute Gasteiger partial charge is 0.491 e. The SMILES string of the molecule is Cc1cc(-c2ccc(CCCOCCOc3ccc4c(c3)CN(C3CCC(=O)NC3=O)C4=O)nc2)ccc1C1Nc2ccc(N(C)C)cc2S1. The van der Waals surface area contributed by atoms with Gasteiger partial charge >= 0.3 is 0 Å². The summed E-state index contributed by atoms with van der Waals surface area (Å²) in [6.45, 7) is 3.92. The monoisotopic (exact) mass is 691 g/mol. The minimum atomic E-state index is -0.629. The number of fused-ring (bicyclic) bond motifs is 2. The molecule has 2 atom stereocenters. The van der Waals surface area contributed by atoms with Crippen LogP contribution in [0.25, 0.3) is 11.1 Å². The first-order chi connectivity index (χ1) is 24.2. The molecule has 3 aliphatic heterocycles. The summed E-state index contributed by atoms with van der Waals surface area (Å²) < 4.78 is 11.7. The van der Waals surface area contributed by atoms with E-state index in [1.807, 2.05) is 24.0 Å². The average Bonchev–Trinajstić information content (AvgIpc) is 3.68. The van der Waals surface area contributed by atoms with Gasteiger partial charge in [0.2, 0.25) is 11.8 Å². The third-order valence-electron chi connectivity index (χ3n) is 9.44. The quantitative estimate of drug-likeness (QED) is 0.134. The Kier molecular flexibility index (Phi) is 9.78. The van der Waals surface area contributed by atoms with Crippen molar-refractivity contribution in [3.8, 4) is 16.9 Å². The Bertz CT molecular complexity index is 1930. The first-order valence-corrected chi connectivity index (χ1v) is 17.9. The minimum Gasteiger partial charge on any atom is -0.491 e. The number of amides is 3. The van der Waals surface area contributed by atoms with Crippen molar-refractivity contribution in [3.63, 3.8) is 0 Å². The van der Waals surface area contributed by atoms with Gasteiger partial charge in [0, 0.05) is 73.0 Å². The number of pyridine rings is 1. The van der Waals surface area contributed by atoms with Crippen molar-refractivity contribution in [1.29, 1.82) is 0 Å². The lowest BCUT2D eigenvalue weighted by atomic mass is 10.0. The Labute approximate surface area is 296 Å². The molecule has 11 heteroatoms. The van der Waals surface area contributed by atoms with E-state index in [9.17, 15) is 14.4 Å². The number of carbonyl (C=O) groups is 3. The van der Waals surface area contributed by atoms with Gasteiger partial charge in [0.1, 0.15) is 23.8 Å². The molecular weight excluding hydrogens is 651 g/mol. The molecule has 0 radical (unpaired) electrons. The number of ether oxygens (including phenoxy) is 2. The molecule has 1 saturated heterocycles. The molecule has 258 valence electrons. The molecule has 0 saturated carbocycles. The van der Waals surface area contributed by atoms with Crippen LogP contribution in [-0.2, 0) is 27.3 Å². The number of hydrogen-bond donors (Lipinski definition) is 2. The fraction of sp³-hybridized carbons (Fsp3) is 0.333. The van der Waals surface area contributed by atoms with Crippen molar-refractivity contribution in [2.45, 2.75) is 55.5 Å². The van der Waals surface area contributed by atoms with Gasteiger partial charge in [-0.15, -0.1) is 0 Å². The molecule has 0 spiro atoms. The molecule has 3 aliphatic rings. The second-order valence-corrected chi connectivity index (χ2v) is 14.3. The fourth-order valence-corrected chi connectivity index (χ4v) is 7.93. The molecule has 1 aromatic heterocycles. The van der Waals surface area contributed by atoms with Crippen LogP contribution in [0.15, 0.2) is 77.8 Å². The number of carbonyl (C=O) groups excluding carboxylic acids is 3. The zero-order valence-corrected chi connectivity index (χ0v) is 29.3. The van der Waals surface area contributed by atoms with E-state index in [-0.39, 0.29) is 23.6 Å². The fourth-order valence-electron chi connectivity index (χ4n) is 6.65. The number of aryl methyl sites for hydroxylation is 2. The molecule has 0 aliphatic carbocycles. The van der Waals surface area contributed by atoms with E-state index in [4.69, 9.17) is 14.5 Å². The maximum absolute atomic E-state index is 12.9. The Morgan fingerprint density at radius 1 is 0.960 bits per heavy atom. The molecule has 3 amide bonds. The summed E-state index contributed by atoms with van der Waals surface area (Å²) in [5.41, 5.74) is 9.60. The highest BCUT2D eigenvalue weighted by atomic mass is 32.2. The van der Waals surface area contributed by atoms with Crippen LogP contribution < -0.4 is 20.3 Å². The van der Waals surface area contributed by atoms with Gasteiger partial charge in [-0.3, -0.25) is 24.7 Å². The Balaban J connectivity index is 0.829. The predicted molar refractivity (Wildman–Crippen MR) is 195 cm³/mol. The number of nitrogens with zero attached hydrogens (tertiary/aromatic N) is 3. The zero-order chi connectivity index (χ0) is 34.8. The molecule has 2 N–H and O–H groups in total. The Morgan fingerprint density at radius 2 is 1.82 bits per heavy atom. The van der Waals surface area contributed by atoms with Crippen LogP contribution in [0.3, 0.4) is 0 Å². The van der Waals surface area contributed by atoms with E-state index in [1.165, 1.54) is 32.3 Å². The summed E-state index contributed by atoms with van der Waals surface area (Å²) in [7, 11) is 4.13. The first kappa shape index (κ1) is 33.6. The molecule has 2 unspecified atom stereocenters. The number of imide groups is 1. The van der Waals surface area contributed by atoms with Gasteiger partial charge in [0.05, 0.1) is 6.61 Å². The van der Waals surface area contributed by atoms with Gasteiger partial charge in [-0.05, 0) is 90.9 Å². The third-order valence-corrected chi connectivity index (χ3v) is 10.6. The lowest BCUT2D eigenvalue weighted by Gasteiger charge is -2.29. The standard InChI is InChI=1S/C39H41N5O5S/c1-24-19-25(7-11-31(24)38-41-33-13-9-29(43(2)3)21-35(33)50-38)26-6-8-28(40-22-26)5-4-16-48-17-18-49-30-10-12-32-27(20-30)23-44(39(32)47)34-14-15-36(45)42-37(34)46/h6-13,19-22,34,38,41H,4-5,14-18,23H2,1-3H3,(H,42,45,46). The summed E-state index contributed by atoms with van der Waals surface area (Å²) in [5, 5.41) is 6.20. The number of rotatable bonds is 12. The third kappa shape index (κ3) is 7.20. The molecule has 3 aromatic carbocycles.